The van der Waals surface area contributed by atoms with E-state index < -0.39 is 21.7 Å². The van der Waals surface area contributed by atoms with Gasteiger partial charge in [-0.1, -0.05) is 0 Å². The summed E-state index contributed by atoms with van der Waals surface area (Å²) in [6.07, 6.45) is 0. The van der Waals surface area contributed by atoms with Gasteiger partial charge in [-0.2, -0.15) is 0 Å². The molecule has 8 heteroatoms. The molecule has 1 N–H and O–H groups in total. The van der Waals surface area contributed by atoms with E-state index in [-0.39, 0.29) is 16.2 Å². The van der Waals surface area contributed by atoms with E-state index in [0.29, 0.717) is 12.2 Å². The van der Waals surface area contributed by atoms with E-state index in [4.69, 9.17) is 4.74 Å². The number of methoxy groups -OCH3 is 1. The molecule has 0 heterocycles. The Labute approximate surface area is 146 Å². The maximum Gasteiger partial charge on any atom is 0.258 e. The van der Waals surface area contributed by atoms with Crippen LogP contribution in [0.4, 0.5) is 10.1 Å². The minimum absolute atomic E-state index is 0.126. The van der Waals surface area contributed by atoms with Gasteiger partial charge in [0, 0.05) is 17.8 Å². The molecule has 0 saturated heterocycles. The molecule has 0 aliphatic rings. The Hall–Kier alpha value is -2.45. The van der Waals surface area contributed by atoms with Crippen LogP contribution in [0.5, 0.6) is 5.75 Å². The fourth-order valence-corrected chi connectivity index (χ4v) is 3.27. The molecule has 0 fully saturated rings. The smallest absolute Gasteiger partial charge is 0.258 e. The first kappa shape index (κ1) is 18.9. The molecule has 1 amide bonds. The first-order chi connectivity index (χ1) is 11.8. The lowest BCUT2D eigenvalue weighted by Gasteiger charge is -2.21. The van der Waals surface area contributed by atoms with Gasteiger partial charge in [0.1, 0.15) is 16.5 Å². The zero-order valence-corrected chi connectivity index (χ0v) is 14.9. The minimum Gasteiger partial charge on any atom is -0.495 e. The third-order valence-corrected chi connectivity index (χ3v) is 5.10. The summed E-state index contributed by atoms with van der Waals surface area (Å²) in [7, 11) is -1.17. The molecule has 0 bridgehead atoms. The molecule has 0 radical (unpaired) electrons. The highest BCUT2D eigenvalue weighted by molar-refractivity contribution is 7.89. The van der Waals surface area contributed by atoms with Gasteiger partial charge in [-0.3, -0.25) is 4.79 Å². The Balaban J connectivity index is 2.47. The average molecular weight is 366 g/mol. The number of hydrogen-bond donors (Lipinski definition) is 1. The minimum atomic E-state index is -3.79. The Morgan fingerprint density at radius 2 is 1.84 bits per heavy atom. The van der Waals surface area contributed by atoms with E-state index in [9.17, 15) is 17.6 Å². The summed E-state index contributed by atoms with van der Waals surface area (Å²) < 4.78 is 44.7. The second-order valence-corrected chi connectivity index (χ2v) is 6.95. The highest BCUT2D eigenvalue weighted by Gasteiger charge is 2.22. The molecule has 0 aromatic heterocycles. The van der Waals surface area contributed by atoms with Crippen molar-refractivity contribution in [3.05, 3.63) is 53.8 Å². The van der Waals surface area contributed by atoms with Crippen molar-refractivity contribution in [3.8, 4) is 5.75 Å². The number of rotatable bonds is 6. The summed E-state index contributed by atoms with van der Waals surface area (Å²) in [6, 6.07) is 9.68. The number of anilines is 1. The lowest BCUT2D eigenvalue weighted by Crippen LogP contribution is -2.31. The molecule has 2 aromatic carbocycles. The SMILES string of the molecule is CCN(C(=O)c1ccc(OC)c(S(=O)(=O)NC)c1)c1ccc(F)cc1. The van der Waals surface area contributed by atoms with E-state index in [2.05, 4.69) is 4.72 Å². The number of amides is 1. The standard InChI is InChI=1S/C17H19FN2O4S/c1-4-20(14-8-6-13(18)7-9-14)17(21)12-5-10-15(24-3)16(11-12)25(22,23)19-2/h5-11,19H,4H2,1-3H3. The van der Waals surface area contributed by atoms with Crippen LogP contribution in [-0.4, -0.2) is 35.0 Å². The van der Waals surface area contributed by atoms with Crippen molar-refractivity contribution in [2.75, 3.05) is 25.6 Å². The van der Waals surface area contributed by atoms with Crippen LogP contribution in [0.2, 0.25) is 0 Å². The van der Waals surface area contributed by atoms with Gasteiger partial charge in [-0.25, -0.2) is 17.5 Å². The zero-order valence-electron chi connectivity index (χ0n) is 14.1. The van der Waals surface area contributed by atoms with E-state index in [1.807, 2.05) is 0 Å². The predicted octanol–water partition coefficient (Wildman–Crippen LogP) is 2.41. The topological polar surface area (TPSA) is 75.7 Å². The average Bonchev–Trinajstić information content (AvgIpc) is 2.63. The molecule has 0 saturated carbocycles. The molecule has 25 heavy (non-hydrogen) atoms. The number of benzene rings is 2. The summed E-state index contributed by atoms with van der Waals surface area (Å²) >= 11 is 0. The normalized spacial score (nSPS) is 11.2. The first-order valence-electron chi connectivity index (χ1n) is 7.53. The van der Waals surface area contributed by atoms with Gasteiger partial charge in [-0.15, -0.1) is 0 Å². The van der Waals surface area contributed by atoms with Gasteiger partial charge >= 0.3 is 0 Å². The fourth-order valence-electron chi connectivity index (χ4n) is 2.35. The quantitative estimate of drug-likeness (QED) is 0.852. The Morgan fingerprint density at radius 1 is 1.20 bits per heavy atom. The third kappa shape index (κ3) is 3.97. The third-order valence-electron chi connectivity index (χ3n) is 3.67. The number of carbonyl (C=O) groups excluding carboxylic acids is 1. The summed E-state index contributed by atoms with van der Waals surface area (Å²) in [6.45, 7) is 2.11. The zero-order chi connectivity index (χ0) is 18.6. The lowest BCUT2D eigenvalue weighted by molar-refractivity contribution is 0.0988. The van der Waals surface area contributed by atoms with Gasteiger partial charge < -0.3 is 9.64 Å². The predicted molar refractivity (Wildman–Crippen MR) is 93.0 cm³/mol. The molecule has 2 aromatic rings. The van der Waals surface area contributed by atoms with Crippen LogP contribution in [0.25, 0.3) is 0 Å². The first-order valence-corrected chi connectivity index (χ1v) is 9.01. The Morgan fingerprint density at radius 3 is 2.36 bits per heavy atom. The van der Waals surface area contributed by atoms with E-state index >= 15 is 0 Å². The van der Waals surface area contributed by atoms with Gasteiger partial charge in [-0.05, 0) is 56.4 Å². The summed E-state index contributed by atoms with van der Waals surface area (Å²) in [5.41, 5.74) is 0.698. The lowest BCUT2D eigenvalue weighted by atomic mass is 10.1. The van der Waals surface area contributed by atoms with Gasteiger partial charge in [0.15, 0.2) is 0 Å². The molecule has 0 spiro atoms. The van der Waals surface area contributed by atoms with Crippen molar-refractivity contribution < 1.29 is 22.3 Å². The highest BCUT2D eigenvalue weighted by atomic mass is 32.2. The van der Waals surface area contributed by atoms with Crippen molar-refractivity contribution in [2.45, 2.75) is 11.8 Å². The second kappa shape index (κ2) is 7.62. The number of ether oxygens (including phenoxy) is 1. The summed E-state index contributed by atoms with van der Waals surface area (Å²) in [5, 5.41) is 0. The largest absolute Gasteiger partial charge is 0.495 e. The van der Waals surface area contributed by atoms with Crippen molar-refractivity contribution in [1.82, 2.24) is 4.72 Å². The summed E-state index contributed by atoms with van der Waals surface area (Å²) in [5.74, 6) is -0.667. The number of hydrogen-bond acceptors (Lipinski definition) is 4. The molecule has 0 unspecified atom stereocenters. The van der Waals surface area contributed by atoms with Crippen LogP contribution in [-0.2, 0) is 10.0 Å². The van der Waals surface area contributed by atoms with Crippen LogP contribution in [0, 0.1) is 5.82 Å². The molecule has 2 rings (SSSR count). The maximum absolute atomic E-state index is 13.1. The molecule has 0 aliphatic heterocycles. The molecule has 6 nitrogen and oxygen atoms in total. The van der Waals surface area contributed by atoms with Gasteiger partial charge in [0.05, 0.1) is 7.11 Å². The van der Waals surface area contributed by atoms with Crippen LogP contribution >= 0.6 is 0 Å². The van der Waals surface area contributed by atoms with Crippen molar-refractivity contribution in [1.29, 1.82) is 0 Å². The van der Waals surface area contributed by atoms with Gasteiger partial charge in [0.25, 0.3) is 5.91 Å². The van der Waals surface area contributed by atoms with Crippen LogP contribution in [0.1, 0.15) is 17.3 Å². The second-order valence-electron chi connectivity index (χ2n) is 5.10. The van der Waals surface area contributed by atoms with Gasteiger partial charge in [0.2, 0.25) is 10.0 Å². The molecule has 0 aliphatic carbocycles. The van der Waals surface area contributed by atoms with Crippen LogP contribution in [0.3, 0.4) is 0 Å². The van der Waals surface area contributed by atoms with Crippen molar-refractivity contribution in [3.63, 3.8) is 0 Å². The molecular weight excluding hydrogens is 347 g/mol. The van der Waals surface area contributed by atoms with Crippen LogP contribution in [0.15, 0.2) is 47.4 Å². The fraction of sp³-hybridized carbons (Fsp3) is 0.235. The van der Waals surface area contributed by atoms with Crippen molar-refractivity contribution in [2.24, 2.45) is 0 Å². The molecule has 134 valence electrons. The number of nitrogens with zero attached hydrogens (tertiary/aromatic N) is 1. The Bertz CT molecular complexity index is 867. The maximum atomic E-state index is 13.1. The van der Waals surface area contributed by atoms with E-state index in [1.165, 1.54) is 61.5 Å². The highest BCUT2D eigenvalue weighted by Crippen LogP contribution is 2.26. The molecular formula is C17H19FN2O4S. The molecule has 0 atom stereocenters. The van der Waals surface area contributed by atoms with E-state index in [0.717, 1.165) is 0 Å². The number of halogens is 1. The number of nitrogens with one attached hydrogen (secondary N) is 1. The Kier molecular flexibility index (Phi) is 5.76. The number of sulfonamides is 1. The number of carbonyl (C=O) groups is 1. The van der Waals surface area contributed by atoms with E-state index in [1.54, 1.807) is 6.92 Å². The van der Waals surface area contributed by atoms with Crippen molar-refractivity contribution >= 4 is 21.6 Å². The monoisotopic (exact) mass is 366 g/mol. The summed E-state index contributed by atoms with van der Waals surface area (Å²) in [4.78, 5) is 14.1. The van der Waals surface area contributed by atoms with Crippen LogP contribution < -0.4 is 14.4 Å².